The summed E-state index contributed by atoms with van der Waals surface area (Å²) < 4.78 is 9.16. The average molecular weight is 644 g/mol. The van der Waals surface area contributed by atoms with Crippen LogP contribution in [0.3, 0.4) is 0 Å². The standard InChI is InChI=1S/C38H34N7.Mn/c1-26-10-4-7-19-42(26)37-35-24-33-17-15-31(40-33)22-29-13-14-30(39-29)23-32-16-18-34(41-32)25-36(38(37)43-20-8-5-11-27(43)2)45(35)44-21-9-6-12-28(44)3;/h4-25,39-41H,1-3H3;/q+3;+2. The first-order chi connectivity index (χ1) is 22.0. The van der Waals surface area contributed by atoms with Crippen molar-refractivity contribution in [3.05, 3.63) is 171 Å². The van der Waals surface area contributed by atoms with Crippen LogP contribution >= 0.6 is 0 Å². The second kappa shape index (κ2) is 11.8. The fraction of sp³-hybridized carbons (Fsp3) is 0.0789. The Labute approximate surface area is 276 Å². The van der Waals surface area contributed by atoms with Crippen molar-refractivity contribution in [2.75, 3.05) is 0 Å². The summed E-state index contributed by atoms with van der Waals surface area (Å²) in [4.78, 5) is 10.8. The van der Waals surface area contributed by atoms with Crippen molar-refractivity contribution in [1.29, 1.82) is 0 Å². The molecule has 0 aliphatic carbocycles. The molecule has 8 bridgehead atoms. The Morgan fingerprint density at radius 3 is 1.35 bits per heavy atom. The van der Waals surface area contributed by atoms with Gasteiger partial charge < -0.3 is 15.0 Å². The predicted octanol–water partition coefficient (Wildman–Crippen LogP) is 2.18. The third-order valence-electron chi connectivity index (χ3n) is 8.43. The van der Waals surface area contributed by atoms with E-state index in [1.807, 2.05) is 0 Å². The molecule has 8 heterocycles. The summed E-state index contributed by atoms with van der Waals surface area (Å²) in [6, 6.07) is 31.8. The number of H-pyrrole nitrogens is 3. The molecule has 0 unspecified atom stereocenters. The predicted molar refractivity (Wildman–Crippen MR) is 174 cm³/mol. The smallest absolute Gasteiger partial charge is 0.355 e. The van der Waals surface area contributed by atoms with Crippen LogP contribution in [0, 0.1) is 20.8 Å². The SMILES string of the molecule is Cc1cccc[n+]1-c1c(-[n+]2ccccc2C)c2n(-[n+]3ccccc3C)c1=Cc1ccc([nH]1)C=c1ccc([nH]1)=Cc1ccc([nH]1)C=2.[Mn+2]. The molecule has 7 nitrogen and oxygen atoms in total. The van der Waals surface area contributed by atoms with Crippen molar-refractivity contribution in [3.63, 3.8) is 0 Å². The number of aromatic amines is 3. The number of rotatable bonds is 3. The first-order valence-corrected chi connectivity index (χ1v) is 15.2. The molecule has 0 spiro atoms. The van der Waals surface area contributed by atoms with Gasteiger partial charge in [0.2, 0.25) is 11.9 Å². The van der Waals surface area contributed by atoms with Crippen LogP contribution in [0.15, 0.2) is 110 Å². The molecule has 8 rings (SSSR count). The zero-order chi connectivity index (χ0) is 30.5. The Morgan fingerprint density at radius 2 is 0.891 bits per heavy atom. The molecule has 7 aromatic heterocycles. The zero-order valence-electron chi connectivity index (χ0n) is 25.9. The van der Waals surface area contributed by atoms with Crippen LogP contribution < -0.4 is 35.2 Å². The summed E-state index contributed by atoms with van der Waals surface area (Å²) in [5, 5.41) is 4.14. The van der Waals surface area contributed by atoms with Gasteiger partial charge in [0.25, 0.3) is 0 Å². The first kappa shape index (κ1) is 29.3. The molecule has 223 valence electrons. The van der Waals surface area contributed by atoms with Crippen molar-refractivity contribution in [3.8, 4) is 11.4 Å². The van der Waals surface area contributed by atoms with Crippen LogP contribution in [-0.2, 0) is 17.1 Å². The van der Waals surface area contributed by atoms with Gasteiger partial charge in [-0.05, 0) is 66.8 Å². The Bertz CT molecular complexity index is 2340. The van der Waals surface area contributed by atoms with Gasteiger partial charge in [0.05, 0.1) is 0 Å². The summed E-state index contributed by atoms with van der Waals surface area (Å²) >= 11 is 0. The van der Waals surface area contributed by atoms with Gasteiger partial charge in [0, 0.05) is 90.6 Å². The number of aryl methyl sites for hydroxylation is 3. The van der Waals surface area contributed by atoms with Crippen molar-refractivity contribution >= 4 is 24.3 Å². The largest absolute Gasteiger partial charge is 2.00 e. The molecule has 46 heavy (non-hydrogen) atoms. The summed E-state index contributed by atoms with van der Waals surface area (Å²) in [6.07, 6.45) is 15.2. The van der Waals surface area contributed by atoms with Crippen molar-refractivity contribution in [1.82, 2.24) is 19.6 Å². The molecule has 7 aromatic rings. The van der Waals surface area contributed by atoms with Gasteiger partial charge in [-0.15, -0.1) is 4.68 Å². The van der Waals surface area contributed by atoms with Crippen LogP contribution in [-0.4, -0.2) is 19.6 Å². The maximum atomic E-state index is 3.65. The summed E-state index contributed by atoms with van der Waals surface area (Å²) in [5.74, 6) is 0. The van der Waals surface area contributed by atoms with Gasteiger partial charge in [-0.3, -0.25) is 0 Å². The average Bonchev–Trinajstić information content (AvgIpc) is 3.83. The molecule has 1 radical (unpaired) electrons. The number of nitrogens with one attached hydrogen (secondary N) is 3. The fourth-order valence-electron chi connectivity index (χ4n) is 6.27. The van der Waals surface area contributed by atoms with Crippen LogP contribution in [0.4, 0.5) is 0 Å². The third-order valence-corrected chi connectivity index (χ3v) is 8.43. The second-order valence-electron chi connectivity index (χ2n) is 11.6. The molecule has 0 saturated heterocycles. The number of pyridine rings is 3. The Balaban J connectivity index is 0.00000338. The zero-order valence-corrected chi connectivity index (χ0v) is 27.0. The van der Waals surface area contributed by atoms with E-state index < -0.39 is 0 Å². The van der Waals surface area contributed by atoms with E-state index >= 15 is 0 Å². The number of hydrogen-bond acceptors (Lipinski definition) is 0. The Morgan fingerprint density at radius 1 is 0.457 bits per heavy atom. The summed E-state index contributed by atoms with van der Waals surface area (Å²) in [6.45, 7) is 6.47. The van der Waals surface area contributed by atoms with E-state index in [1.54, 1.807) is 0 Å². The van der Waals surface area contributed by atoms with Gasteiger partial charge in [0.1, 0.15) is 0 Å². The van der Waals surface area contributed by atoms with E-state index in [0.717, 1.165) is 72.6 Å². The molecule has 1 aliphatic heterocycles. The molecule has 0 aromatic carbocycles. The van der Waals surface area contributed by atoms with Gasteiger partial charge in [-0.25, -0.2) is 0 Å². The molecule has 0 amide bonds. The van der Waals surface area contributed by atoms with E-state index in [2.05, 4.69) is 188 Å². The van der Waals surface area contributed by atoms with Gasteiger partial charge in [0.15, 0.2) is 34.5 Å². The molecule has 8 heteroatoms. The number of fused-ring (bicyclic) bond motifs is 8. The van der Waals surface area contributed by atoms with E-state index in [-0.39, 0.29) is 17.1 Å². The first-order valence-electron chi connectivity index (χ1n) is 15.2. The summed E-state index contributed by atoms with van der Waals surface area (Å²) in [7, 11) is 0. The maximum Gasteiger partial charge on any atom is 2.00 e. The quantitative estimate of drug-likeness (QED) is 0.196. The van der Waals surface area contributed by atoms with Crippen LogP contribution in [0.5, 0.6) is 0 Å². The van der Waals surface area contributed by atoms with Crippen molar-refractivity contribution in [2.45, 2.75) is 20.8 Å². The van der Waals surface area contributed by atoms with Crippen LogP contribution in [0.1, 0.15) is 39.9 Å². The second-order valence-corrected chi connectivity index (χ2v) is 11.6. The number of hydrogen-bond donors (Lipinski definition) is 3. The third kappa shape index (κ3) is 5.17. The van der Waals surface area contributed by atoms with E-state index in [1.165, 1.54) is 0 Å². The Hall–Kier alpha value is -5.43. The van der Waals surface area contributed by atoms with Crippen LogP contribution in [0.25, 0.3) is 35.7 Å². The Kier molecular flexibility index (Phi) is 7.53. The summed E-state index contributed by atoms with van der Waals surface area (Å²) in [5.41, 5.74) is 9.58. The number of nitrogens with zero attached hydrogens (tertiary/aromatic N) is 4. The van der Waals surface area contributed by atoms with Gasteiger partial charge in [-0.1, -0.05) is 16.8 Å². The van der Waals surface area contributed by atoms with E-state index in [4.69, 9.17) is 0 Å². The maximum absolute atomic E-state index is 3.65. The van der Waals surface area contributed by atoms with Gasteiger partial charge in [-0.2, -0.15) is 9.13 Å². The molecular weight excluding hydrogens is 609 g/mol. The monoisotopic (exact) mass is 643 g/mol. The van der Waals surface area contributed by atoms with E-state index in [9.17, 15) is 0 Å². The topological polar surface area (TPSA) is 63.9 Å². The van der Waals surface area contributed by atoms with Crippen LogP contribution in [0.2, 0.25) is 0 Å². The fourth-order valence-corrected chi connectivity index (χ4v) is 6.27. The minimum atomic E-state index is 0. The molecule has 0 atom stereocenters. The minimum Gasteiger partial charge on any atom is -0.355 e. The van der Waals surface area contributed by atoms with Gasteiger partial charge >= 0.3 is 28.4 Å². The molecule has 0 saturated carbocycles. The molecular formula is C38H34MnN7+5. The molecule has 3 N–H and O–H groups in total. The van der Waals surface area contributed by atoms with E-state index in [0.29, 0.717) is 0 Å². The normalized spacial score (nSPS) is 11.9. The van der Waals surface area contributed by atoms with Crippen molar-refractivity contribution in [2.24, 2.45) is 0 Å². The van der Waals surface area contributed by atoms with Crippen molar-refractivity contribution < 1.29 is 30.9 Å². The minimum absolute atomic E-state index is 0. The number of aromatic nitrogens is 7. The molecule has 0 fully saturated rings. The molecule has 1 aliphatic rings.